The predicted octanol–water partition coefficient (Wildman–Crippen LogP) is 9.75. The maximum Gasteiger partial charge on any atom is 0.407 e. The van der Waals surface area contributed by atoms with Crippen LogP contribution in [0.5, 0.6) is 0 Å². The normalized spacial score (nSPS) is 21.9. The fourth-order valence-corrected chi connectivity index (χ4v) is 12.8. The number of piperidine rings is 3. The Morgan fingerprint density at radius 1 is 0.387 bits per heavy atom. The maximum atomic E-state index is 13.3. The summed E-state index contributed by atoms with van der Waals surface area (Å²) in [7, 11) is 0. The van der Waals surface area contributed by atoms with Gasteiger partial charge in [-0.15, -0.1) is 0 Å². The van der Waals surface area contributed by atoms with Crippen molar-refractivity contribution in [2.75, 3.05) is 58.9 Å². The van der Waals surface area contributed by atoms with E-state index >= 15 is 0 Å². The first-order valence-corrected chi connectivity index (χ1v) is 33.7. The van der Waals surface area contributed by atoms with Crippen molar-refractivity contribution in [1.29, 1.82) is 0 Å². The van der Waals surface area contributed by atoms with Crippen molar-refractivity contribution in [3.63, 3.8) is 0 Å². The van der Waals surface area contributed by atoms with Gasteiger partial charge in [0.05, 0.1) is 0 Å². The highest BCUT2D eigenvalue weighted by atomic mass is 16.6. The Labute approximate surface area is 551 Å². The number of likely N-dealkylation sites (tertiary alicyclic amines) is 6. The van der Waals surface area contributed by atoms with Gasteiger partial charge in [-0.3, -0.25) is 28.8 Å². The Morgan fingerprint density at radius 2 is 0.624 bits per heavy atom. The van der Waals surface area contributed by atoms with Crippen LogP contribution in [0.2, 0.25) is 0 Å². The Morgan fingerprint density at radius 3 is 0.849 bits per heavy atom. The van der Waals surface area contributed by atoms with Gasteiger partial charge in [-0.2, -0.15) is 0 Å². The first-order valence-electron chi connectivity index (χ1n) is 33.7. The van der Waals surface area contributed by atoms with Crippen LogP contribution in [0.1, 0.15) is 173 Å². The van der Waals surface area contributed by atoms with Gasteiger partial charge in [-0.05, 0) is 175 Å². The van der Waals surface area contributed by atoms with Crippen molar-refractivity contribution in [3.8, 4) is 0 Å². The quantitative estimate of drug-likeness (QED) is 0.121. The van der Waals surface area contributed by atoms with Crippen LogP contribution in [0.25, 0.3) is 0 Å². The number of alkyl carbamates (subject to hydrolysis) is 3. The van der Waals surface area contributed by atoms with E-state index < -0.39 is 53.2 Å². The molecule has 9 amide bonds. The van der Waals surface area contributed by atoms with E-state index in [1.54, 1.807) is 14.7 Å². The summed E-state index contributed by atoms with van der Waals surface area (Å²) in [4.78, 5) is 124. The molecule has 1 unspecified atom stereocenters. The SMILES string of the molecule is Cc1ccc(CN2C(=O)CC[C@H]2C(=O)N2CCCC(CNC(=O)OC(C)(C)C)C2)cc1.Cc1ccc(CN2C(=O)CC[C@H]2C(=O)N2CCC[C@@H](CNC(=O)OC(C)(C)C)C2)cc1.Cc1ccc(CN2C(=O)CC[C@H]2C(=O)N2CCC[C@H](CNC(=O)OC(C)(C)C)C2)cc1. The Kier molecular flexibility index (Phi) is 25.7. The van der Waals surface area contributed by atoms with Gasteiger partial charge in [-0.1, -0.05) is 89.5 Å². The van der Waals surface area contributed by atoms with Crippen LogP contribution in [0.4, 0.5) is 14.4 Å². The van der Waals surface area contributed by atoms with Crippen molar-refractivity contribution in [1.82, 2.24) is 45.3 Å². The second kappa shape index (κ2) is 32.9. The van der Waals surface area contributed by atoms with Crippen LogP contribution in [0.15, 0.2) is 72.8 Å². The third-order valence-electron chi connectivity index (χ3n) is 17.6. The number of hydrogen-bond donors (Lipinski definition) is 3. The highest BCUT2D eigenvalue weighted by Crippen LogP contribution is 2.30. The summed E-state index contributed by atoms with van der Waals surface area (Å²) in [5.74, 6) is 0.769. The number of aryl methyl sites for hydroxylation is 3. The molecule has 21 heteroatoms. The van der Waals surface area contributed by atoms with Crippen LogP contribution in [-0.4, -0.2) is 177 Å². The van der Waals surface area contributed by atoms with Crippen molar-refractivity contribution in [2.24, 2.45) is 17.8 Å². The van der Waals surface area contributed by atoms with Crippen LogP contribution in [0.3, 0.4) is 0 Å². The van der Waals surface area contributed by atoms with Crippen molar-refractivity contribution in [3.05, 3.63) is 106 Å². The monoisotopic (exact) mass is 1290 g/mol. The van der Waals surface area contributed by atoms with E-state index in [0.717, 1.165) is 55.2 Å². The molecule has 3 N–H and O–H groups in total. The van der Waals surface area contributed by atoms with E-state index in [4.69, 9.17) is 14.2 Å². The molecule has 0 saturated carbocycles. The molecule has 0 aliphatic carbocycles. The second-order valence-electron chi connectivity index (χ2n) is 29.2. The molecule has 6 heterocycles. The molecule has 6 aliphatic heterocycles. The number of benzene rings is 3. The highest BCUT2D eigenvalue weighted by Gasteiger charge is 2.42. The van der Waals surface area contributed by atoms with Gasteiger partial charge in [-0.25, -0.2) is 14.4 Å². The minimum atomic E-state index is -0.533. The third kappa shape index (κ3) is 23.1. The van der Waals surface area contributed by atoms with Gasteiger partial charge < -0.3 is 59.6 Å². The van der Waals surface area contributed by atoms with E-state index in [-0.39, 0.29) is 53.2 Å². The predicted molar refractivity (Wildman–Crippen MR) is 355 cm³/mol. The zero-order valence-electron chi connectivity index (χ0n) is 57.4. The van der Waals surface area contributed by atoms with Gasteiger partial charge in [0.2, 0.25) is 35.4 Å². The molecule has 0 aromatic heterocycles. The lowest BCUT2D eigenvalue weighted by Crippen LogP contribution is -2.51. The molecule has 3 aromatic carbocycles. The smallest absolute Gasteiger partial charge is 0.407 e. The van der Waals surface area contributed by atoms with Gasteiger partial charge in [0.1, 0.15) is 34.9 Å². The van der Waals surface area contributed by atoms with Gasteiger partial charge >= 0.3 is 18.3 Å². The molecule has 6 fully saturated rings. The largest absolute Gasteiger partial charge is 0.444 e. The molecule has 510 valence electrons. The molecular formula is C72H105N9O12. The minimum absolute atomic E-state index is 0.0277. The molecule has 0 spiro atoms. The summed E-state index contributed by atoms with van der Waals surface area (Å²) >= 11 is 0. The molecule has 21 nitrogen and oxygen atoms in total. The number of hydrogen-bond acceptors (Lipinski definition) is 12. The van der Waals surface area contributed by atoms with Crippen LogP contribution < -0.4 is 16.0 Å². The van der Waals surface area contributed by atoms with Crippen molar-refractivity contribution >= 4 is 53.7 Å². The van der Waals surface area contributed by atoms with Crippen LogP contribution >= 0.6 is 0 Å². The Hall–Kier alpha value is -7.71. The maximum absolute atomic E-state index is 13.3. The average molecular weight is 1290 g/mol. The number of rotatable bonds is 15. The Bertz CT molecular complexity index is 2720. The number of carbonyl (C=O) groups is 9. The van der Waals surface area contributed by atoms with E-state index in [2.05, 4.69) is 16.0 Å². The van der Waals surface area contributed by atoms with E-state index in [0.29, 0.717) is 117 Å². The molecule has 6 aliphatic rings. The zero-order chi connectivity index (χ0) is 67.8. The lowest BCUT2D eigenvalue weighted by Gasteiger charge is -2.36. The van der Waals surface area contributed by atoms with Gasteiger partial charge in [0.15, 0.2) is 0 Å². The fraction of sp³-hybridized carbons (Fsp3) is 0.625. The number of carbonyl (C=O) groups excluding carboxylic acids is 9. The van der Waals surface area contributed by atoms with Gasteiger partial charge in [0, 0.05) is 97.8 Å². The van der Waals surface area contributed by atoms with E-state index in [1.165, 1.54) is 16.7 Å². The number of nitrogens with one attached hydrogen (secondary N) is 3. The van der Waals surface area contributed by atoms with Crippen molar-refractivity contribution < 1.29 is 57.4 Å². The first-order chi connectivity index (χ1) is 43.9. The molecular weight excluding hydrogens is 1180 g/mol. The third-order valence-corrected chi connectivity index (χ3v) is 17.6. The zero-order valence-corrected chi connectivity index (χ0v) is 57.4. The second-order valence-corrected chi connectivity index (χ2v) is 29.2. The molecule has 0 bridgehead atoms. The molecule has 6 atom stereocenters. The highest BCUT2D eigenvalue weighted by molar-refractivity contribution is 5.92. The number of ether oxygens (including phenoxy) is 3. The standard InChI is InChI=1S/3C24H35N3O4/c3*1-17-7-9-18(10-8-17)16-27-20(11-12-21(27)28)22(29)26-13-5-6-19(15-26)14-25-23(30)31-24(2,3)4/h3*7-10,19-20H,5-6,11-16H2,1-4H3,(H,25,30)/t19?,20-;19-,20+;19-,20-/m010/s1. The topological polar surface area (TPSA) is 237 Å². The van der Waals surface area contributed by atoms with Crippen LogP contribution in [-0.2, 0) is 62.6 Å². The lowest BCUT2D eigenvalue weighted by molar-refractivity contribution is -0.143. The molecule has 6 saturated heterocycles. The van der Waals surface area contributed by atoms with Crippen LogP contribution in [0, 0.1) is 38.5 Å². The van der Waals surface area contributed by atoms with Crippen molar-refractivity contribution in [2.45, 2.75) is 215 Å². The summed E-state index contributed by atoms with van der Waals surface area (Å²) in [6.07, 6.45) is 7.22. The Balaban J connectivity index is 0.000000198. The lowest BCUT2D eigenvalue weighted by atomic mass is 9.97. The number of amides is 9. The average Bonchev–Trinajstić information content (AvgIpc) is 1.74. The molecule has 93 heavy (non-hydrogen) atoms. The summed E-state index contributed by atoms with van der Waals surface area (Å²) < 4.78 is 15.9. The molecule has 3 aromatic rings. The summed E-state index contributed by atoms with van der Waals surface area (Å²) in [5.41, 5.74) is 5.03. The van der Waals surface area contributed by atoms with E-state index in [9.17, 15) is 43.2 Å². The molecule has 9 rings (SSSR count). The summed E-state index contributed by atoms with van der Waals surface area (Å²) in [6, 6.07) is 23.1. The summed E-state index contributed by atoms with van der Waals surface area (Å²) in [5, 5.41) is 8.48. The summed E-state index contributed by atoms with van der Waals surface area (Å²) in [6.45, 7) is 29.3. The first kappa shape index (κ1) is 72.7. The van der Waals surface area contributed by atoms with E-state index in [1.807, 2.05) is 171 Å². The van der Waals surface area contributed by atoms with Gasteiger partial charge in [0.25, 0.3) is 0 Å². The minimum Gasteiger partial charge on any atom is -0.444 e. The fourth-order valence-electron chi connectivity index (χ4n) is 12.8. The molecule has 0 radical (unpaired) electrons. The number of nitrogens with zero attached hydrogens (tertiary/aromatic N) is 6.